The van der Waals surface area contributed by atoms with Crippen LogP contribution in [0.25, 0.3) is 11.2 Å². The van der Waals surface area contributed by atoms with Gasteiger partial charge >= 0.3 is 0 Å². The van der Waals surface area contributed by atoms with Crippen LogP contribution < -0.4 is 11.3 Å². The van der Waals surface area contributed by atoms with Gasteiger partial charge in [-0.15, -0.1) is 0 Å². The number of rotatable bonds is 6. The van der Waals surface area contributed by atoms with E-state index in [0.717, 1.165) is 0 Å². The number of nitrogens with zero attached hydrogens (tertiary/aromatic N) is 3. The predicted octanol–water partition coefficient (Wildman–Crippen LogP) is -2.81. The number of H-pyrrole nitrogens is 1. The molecule has 7 atom stereocenters. The number of ether oxygens (including phenoxy) is 3. The summed E-state index contributed by atoms with van der Waals surface area (Å²) in [6.07, 6.45) is -7.90. The van der Waals surface area contributed by atoms with E-state index in [0.29, 0.717) is 0 Å². The van der Waals surface area contributed by atoms with Crippen LogP contribution in [0.4, 0.5) is 5.95 Å². The summed E-state index contributed by atoms with van der Waals surface area (Å²) in [6, 6.07) is 0. The Morgan fingerprint density at radius 3 is 2.69 bits per heavy atom. The Morgan fingerprint density at radius 2 is 2.00 bits per heavy atom. The van der Waals surface area contributed by atoms with Crippen molar-refractivity contribution < 1.29 is 34.6 Å². The minimum Gasteiger partial charge on any atom is -0.387 e. The molecule has 1 aliphatic heterocycles. The van der Waals surface area contributed by atoms with Crippen LogP contribution in [0, 0.1) is 0 Å². The van der Waals surface area contributed by atoms with Crippen molar-refractivity contribution in [3.8, 4) is 0 Å². The van der Waals surface area contributed by atoms with Gasteiger partial charge in [0, 0.05) is 7.11 Å². The van der Waals surface area contributed by atoms with E-state index >= 15 is 0 Å². The number of nitrogen functional groups attached to an aromatic ring is 1. The van der Waals surface area contributed by atoms with Crippen molar-refractivity contribution in [1.82, 2.24) is 19.9 Å². The zero-order valence-electron chi connectivity index (χ0n) is 15.7. The fourth-order valence-corrected chi connectivity index (χ4v) is 2.95. The highest BCUT2D eigenvalue weighted by atomic mass is 16.7. The van der Waals surface area contributed by atoms with E-state index in [1.54, 1.807) is 0 Å². The molecule has 0 radical (unpaired) electrons. The maximum absolute atomic E-state index is 12.0. The Labute approximate surface area is 164 Å². The molecule has 0 bridgehead atoms. The third-order valence-electron chi connectivity index (χ3n) is 4.55. The summed E-state index contributed by atoms with van der Waals surface area (Å²) >= 11 is 0. The lowest BCUT2D eigenvalue weighted by Crippen LogP contribution is -2.59. The van der Waals surface area contributed by atoms with Crippen LogP contribution in [0.1, 0.15) is 18.7 Å². The number of hydrogen-bond acceptors (Lipinski definition) is 12. The highest BCUT2D eigenvalue weighted by Crippen LogP contribution is 2.26. The number of aromatic nitrogens is 4. The van der Waals surface area contributed by atoms with Gasteiger partial charge in [-0.3, -0.25) is 9.78 Å². The topological polar surface area (TPSA) is 206 Å². The van der Waals surface area contributed by atoms with E-state index in [2.05, 4.69) is 19.9 Å². The number of nitrogens with one attached hydrogen (secondary N) is 1. The maximum atomic E-state index is 12.0. The van der Waals surface area contributed by atoms with Crippen molar-refractivity contribution in [3.05, 3.63) is 22.2 Å². The molecular formula is C16H23N5O8. The summed E-state index contributed by atoms with van der Waals surface area (Å²) in [4.78, 5) is 26.1. The number of aromatic amines is 1. The van der Waals surface area contributed by atoms with Crippen LogP contribution in [0.3, 0.4) is 0 Å². The fourth-order valence-electron chi connectivity index (χ4n) is 2.95. The molecule has 3 heterocycles. The van der Waals surface area contributed by atoms with Crippen LogP contribution in [-0.2, 0) is 14.2 Å². The third-order valence-corrected chi connectivity index (χ3v) is 4.55. The molecule has 160 valence electrons. The third kappa shape index (κ3) is 4.35. The lowest BCUT2D eigenvalue weighted by Gasteiger charge is -2.41. The largest absolute Gasteiger partial charge is 0.387 e. The summed E-state index contributed by atoms with van der Waals surface area (Å²) in [6.45, 7) is 1.43. The second kappa shape index (κ2) is 8.62. The number of anilines is 1. The molecule has 13 heteroatoms. The zero-order chi connectivity index (χ0) is 21.3. The Kier molecular flexibility index (Phi) is 6.38. The lowest BCUT2D eigenvalue weighted by atomic mass is 9.99. The quantitative estimate of drug-likeness (QED) is 0.284. The minimum atomic E-state index is -1.56. The van der Waals surface area contributed by atoms with Crippen molar-refractivity contribution in [2.24, 2.45) is 0 Å². The van der Waals surface area contributed by atoms with Crippen molar-refractivity contribution in [1.29, 1.82) is 0 Å². The molecule has 0 unspecified atom stereocenters. The number of methoxy groups -OCH3 is 1. The van der Waals surface area contributed by atoms with Crippen LogP contribution in [0.5, 0.6) is 0 Å². The van der Waals surface area contributed by atoms with Crippen LogP contribution >= 0.6 is 0 Å². The van der Waals surface area contributed by atoms with Gasteiger partial charge in [-0.25, -0.2) is 9.97 Å². The first-order chi connectivity index (χ1) is 13.7. The molecule has 1 saturated heterocycles. The molecule has 29 heavy (non-hydrogen) atoms. The van der Waals surface area contributed by atoms with Gasteiger partial charge in [0.2, 0.25) is 5.95 Å². The van der Waals surface area contributed by atoms with E-state index < -0.39 is 48.5 Å². The van der Waals surface area contributed by atoms with Gasteiger partial charge in [-0.1, -0.05) is 0 Å². The van der Waals surface area contributed by atoms with Gasteiger partial charge in [0.1, 0.15) is 30.5 Å². The number of aliphatic hydroxyl groups excluding tert-OH is 4. The molecule has 0 aromatic carbocycles. The SMILES string of the molecule is COC[C@H]1O[C@H](O[C@@H](C)[C@H](O)c2cnc3nc(N)[nH]c(=O)c3n2)[C@H](O)[C@@H](O)[C@@H]1O. The molecule has 2 aromatic heterocycles. The van der Waals surface area contributed by atoms with E-state index in [9.17, 15) is 25.2 Å². The average molecular weight is 413 g/mol. The van der Waals surface area contributed by atoms with Gasteiger partial charge < -0.3 is 40.4 Å². The normalized spacial score (nSPS) is 29.7. The molecule has 0 saturated carbocycles. The Morgan fingerprint density at radius 1 is 1.28 bits per heavy atom. The molecule has 13 nitrogen and oxygen atoms in total. The first-order valence-electron chi connectivity index (χ1n) is 8.77. The van der Waals surface area contributed by atoms with Crippen molar-refractivity contribution in [2.45, 2.75) is 49.8 Å². The summed E-state index contributed by atoms with van der Waals surface area (Å²) in [5, 5.41) is 40.6. The van der Waals surface area contributed by atoms with Gasteiger partial charge in [-0.2, -0.15) is 4.98 Å². The van der Waals surface area contributed by atoms with Gasteiger partial charge in [0.25, 0.3) is 5.56 Å². The molecule has 0 aliphatic carbocycles. The highest BCUT2D eigenvalue weighted by molar-refractivity contribution is 5.69. The molecule has 7 N–H and O–H groups in total. The van der Waals surface area contributed by atoms with E-state index in [1.165, 1.54) is 20.2 Å². The van der Waals surface area contributed by atoms with E-state index in [-0.39, 0.29) is 29.4 Å². The number of hydrogen-bond donors (Lipinski definition) is 6. The summed E-state index contributed by atoms with van der Waals surface area (Å²) < 4.78 is 15.9. The lowest BCUT2D eigenvalue weighted by molar-refractivity contribution is -0.316. The van der Waals surface area contributed by atoms with Gasteiger partial charge in [-0.05, 0) is 6.92 Å². The van der Waals surface area contributed by atoms with Crippen molar-refractivity contribution >= 4 is 17.1 Å². The molecule has 3 rings (SSSR count). The minimum absolute atomic E-state index is 0.0151. The van der Waals surface area contributed by atoms with Gasteiger partial charge in [0.15, 0.2) is 17.5 Å². The molecule has 1 fully saturated rings. The first-order valence-corrected chi connectivity index (χ1v) is 8.77. The Balaban J connectivity index is 1.77. The highest BCUT2D eigenvalue weighted by Gasteiger charge is 2.45. The maximum Gasteiger partial charge on any atom is 0.280 e. The van der Waals surface area contributed by atoms with E-state index in [4.69, 9.17) is 19.9 Å². The second-order valence-corrected chi connectivity index (χ2v) is 6.67. The summed E-state index contributed by atoms with van der Waals surface area (Å²) in [5.41, 5.74) is 4.75. The molecule has 2 aromatic rings. The zero-order valence-corrected chi connectivity index (χ0v) is 15.7. The first kappa shape index (κ1) is 21.4. The Bertz CT molecular complexity index is 910. The standard InChI is InChI=1S/C16H23N5O8/c1-5(28-15-12(25)11(24)10(23)7(29-15)4-27-2)9(22)6-3-18-13-8(19-6)14(26)21-16(17)20-13/h3,5,7,9-12,15,22-25H,4H2,1-2H3,(H3,17,18,20,21,26)/t5-,7+,9-,10+,11-,12+,15-/m0/s1. The van der Waals surface area contributed by atoms with Crippen molar-refractivity contribution in [3.63, 3.8) is 0 Å². The van der Waals surface area contributed by atoms with E-state index in [1.807, 2.05) is 0 Å². The molecule has 1 aliphatic rings. The van der Waals surface area contributed by atoms with Crippen LogP contribution in [0.15, 0.2) is 11.0 Å². The smallest absolute Gasteiger partial charge is 0.280 e. The average Bonchev–Trinajstić information content (AvgIpc) is 2.69. The predicted molar refractivity (Wildman–Crippen MR) is 96.4 cm³/mol. The van der Waals surface area contributed by atoms with Crippen molar-refractivity contribution in [2.75, 3.05) is 19.5 Å². The van der Waals surface area contributed by atoms with Crippen LogP contribution in [-0.4, -0.2) is 90.9 Å². The summed E-state index contributed by atoms with van der Waals surface area (Å²) in [7, 11) is 1.39. The van der Waals surface area contributed by atoms with Gasteiger partial charge in [0.05, 0.1) is 24.6 Å². The van der Waals surface area contributed by atoms with Crippen LogP contribution in [0.2, 0.25) is 0 Å². The molecular weight excluding hydrogens is 390 g/mol. The number of fused-ring (bicyclic) bond motifs is 1. The fraction of sp³-hybridized carbons (Fsp3) is 0.625. The molecule has 0 spiro atoms. The number of aliphatic hydroxyl groups is 4. The number of nitrogens with two attached hydrogens (primary N) is 1. The Hall–Kier alpha value is -2.26. The molecule has 0 amide bonds. The second-order valence-electron chi connectivity index (χ2n) is 6.67. The monoisotopic (exact) mass is 413 g/mol. The summed E-state index contributed by atoms with van der Waals surface area (Å²) in [5.74, 6) is -0.114.